The molecule has 2 aliphatic rings. The van der Waals surface area contributed by atoms with E-state index in [0.717, 1.165) is 40.9 Å². The number of amides is 3. The topological polar surface area (TPSA) is 117 Å². The highest BCUT2D eigenvalue weighted by Crippen LogP contribution is 2.25. The van der Waals surface area contributed by atoms with Gasteiger partial charge >= 0.3 is 0 Å². The fourth-order valence-electron chi connectivity index (χ4n) is 4.84. The molecule has 0 spiro atoms. The Balaban J connectivity index is 0.00000353. The second kappa shape index (κ2) is 12.6. The summed E-state index contributed by atoms with van der Waals surface area (Å²) >= 11 is 7.45. The maximum atomic E-state index is 13.2. The van der Waals surface area contributed by atoms with E-state index in [1.54, 1.807) is 29.3 Å². The number of likely N-dealkylation sites (tertiary alicyclic amines) is 1. The van der Waals surface area contributed by atoms with Gasteiger partial charge in [0.25, 0.3) is 11.8 Å². The summed E-state index contributed by atoms with van der Waals surface area (Å²) in [6.07, 6.45) is 2.89. The van der Waals surface area contributed by atoms with Crippen molar-refractivity contribution in [1.29, 1.82) is 0 Å². The minimum Gasteiger partial charge on any atom is -0.375 e. The van der Waals surface area contributed by atoms with Crippen molar-refractivity contribution in [2.45, 2.75) is 31.5 Å². The van der Waals surface area contributed by atoms with E-state index < -0.39 is 12.1 Å². The van der Waals surface area contributed by atoms with Crippen molar-refractivity contribution < 1.29 is 19.1 Å². The van der Waals surface area contributed by atoms with Crippen molar-refractivity contribution in [3.05, 3.63) is 56.8 Å². The van der Waals surface area contributed by atoms with Gasteiger partial charge < -0.3 is 25.2 Å². The molecule has 1 fully saturated rings. The van der Waals surface area contributed by atoms with Crippen LogP contribution in [0, 0.1) is 0 Å². The number of ether oxygens (including phenoxy) is 1. The van der Waals surface area contributed by atoms with Gasteiger partial charge in [-0.1, -0.05) is 17.7 Å². The lowest BCUT2D eigenvalue weighted by Crippen LogP contribution is -2.61. The van der Waals surface area contributed by atoms with Crippen LogP contribution in [0.15, 0.2) is 30.5 Å². The number of pyridine rings is 1. The Kier molecular flexibility index (Phi) is 9.39. The van der Waals surface area contributed by atoms with Crippen LogP contribution in [0.3, 0.4) is 0 Å². The maximum absolute atomic E-state index is 13.2. The highest BCUT2D eigenvalue weighted by atomic mass is 35.5. The Hall–Kier alpha value is -2.83. The van der Waals surface area contributed by atoms with Crippen molar-refractivity contribution in [2.75, 3.05) is 40.4 Å². The summed E-state index contributed by atoms with van der Waals surface area (Å²) in [5, 5.41) is 8.73. The van der Waals surface area contributed by atoms with Gasteiger partial charge in [-0.05, 0) is 37.1 Å². The van der Waals surface area contributed by atoms with E-state index in [0.29, 0.717) is 23.0 Å². The molecule has 208 valence electrons. The van der Waals surface area contributed by atoms with E-state index in [1.165, 1.54) is 18.4 Å². The number of nitrogens with one attached hydrogen (secondary N) is 2. The Morgan fingerprint density at radius 3 is 2.72 bits per heavy atom. The number of fused-ring (bicyclic) bond motifs is 2. The van der Waals surface area contributed by atoms with Crippen LogP contribution in [0.2, 0.25) is 5.02 Å². The molecule has 3 aromatic rings. The molecule has 39 heavy (non-hydrogen) atoms. The number of piperidine rings is 1. The second-order valence-corrected chi connectivity index (χ2v) is 11.2. The summed E-state index contributed by atoms with van der Waals surface area (Å²) in [4.78, 5) is 52.8. The fourth-order valence-corrected chi connectivity index (χ4v) is 6.11. The molecule has 2 N–H and O–H groups in total. The first-order valence-electron chi connectivity index (χ1n) is 12.4. The van der Waals surface area contributed by atoms with Crippen LogP contribution in [0.5, 0.6) is 0 Å². The average molecular weight is 594 g/mol. The minimum atomic E-state index is -0.510. The van der Waals surface area contributed by atoms with E-state index in [-0.39, 0.29) is 49.0 Å². The number of likely N-dealkylation sites (N-methyl/N-ethyl adjacent to an activating group) is 1. The van der Waals surface area contributed by atoms with Crippen molar-refractivity contribution in [3.63, 3.8) is 0 Å². The van der Waals surface area contributed by atoms with Gasteiger partial charge in [0.1, 0.15) is 12.3 Å². The standard InChI is InChI=1S/C26H29ClN6O4S.ClH/c1-32-7-5-19-22(13-32)38-26(31-19)25(36)30-21-12-33(23(34)14-37-2)8-6-18(21)29-24(35)20-10-15-3-4-17(27)9-16(15)11-28-20;/h3-4,9-11,18,21H,5-8,12-14H2,1-2H3,(H,29,35)(H,30,36);1H/t18-,21-;/m0./s1. The molecule has 1 saturated heterocycles. The summed E-state index contributed by atoms with van der Waals surface area (Å²) in [6.45, 7) is 2.31. The summed E-state index contributed by atoms with van der Waals surface area (Å²) in [6, 6.07) is 6.19. The molecular formula is C26H30Cl2N6O4S. The summed E-state index contributed by atoms with van der Waals surface area (Å²) in [5.74, 6) is -0.826. The molecule has 0 aliphatic carbocycles. The van der Waals surface area contributed by atoms with E-state index in [9.17, 15) is 14.4 Å². The molecule has 0 bridgehead atoms. The number of methoxy groups -OCH3 is 1. The van der Waals surface area contributed by atoms with Gasteiger partial charge in [0, 0.05) is 61.2 Å². The molecule has 1 aromatic carbocycles. The first-order valence-corrected chi connectivity index (χ1v) is 13.6. The van der Waals surface area contributed by atoms with Crippen LogP contribution >= 0.6 is 35.3 Å². The molecule has 4 heterocycles. The summed E-state index contributed by atoms with van der Waals surface area (Å²) < 4.78 is 5.01. The molecule has 2 aromatic heterocycles. The minimum absolute atomic E-state index is 0. The van der Waals surface area contributed by atoms with Crippen LogP contribution in [-0.2, 0) is 22.5 Å². The largest absolute Gasteiger partial charge is 0.375 e. The van der Waals surface area contributed by atoms with E-state index in [2.05, 4.69) is 25.5 Å². The number of halogens is 2. The predicted molar refractivity (Wildman–Crippen MR) is 152 cm³/mol. The Morgan fingerprint density at radius 2 is 1.92 bits per heavy atom. The van der Waals surface area contributed by atoms with Crippen LogP contribution in [0.1, 0.15) is 37.3 Å². The fraction of sp³-hybridized carbons (Fsp3) is 0.423. The lowest BCUT2D eigenvalue weighted by molar-refractivity contribution is -0.136. The number of hydrogen-bond donors (Lipinski definition) is 2. The van der Waals surface area contributed by atoms with Crippen LogP contribution in [-0.4, -0.2) is 90.0 Å². The zero-order valence-corrected chi connectivity index (χ0v) is 24.0. The van der Waals surface area contributed by atoms with Crippen molar-refractivity contribution in [2.24, 2.45) is 0 Å². The van der Waals surface area contributed by atoms with Gasteiger partial charge in [-0.3, -0.25) is 19.4 Å². The number of carbonyl (C=O) groups is 3. The SMILES string of the molecule is COCC(=O)N1CC[C@H](NC(=O)c2cc3ccc(Cl)cc3cn2)[C@@H](NC(=O)c2nc3c(s2)CN(C)CC3)C1.Cl. The molecule has 3 amide bonds. The third-order valence-electron chi connectivity index (χ3n) is 6.90. The van der Waals surface area contributed by atoms with Gasteiger partial charge in [-0.25, -0.2) is 4.98 Å². The lowest BCUT2D eigenvalue weighted by atomic mass is 9.98. The monoisotopic (exact) mass is 592 g/mol. The van der Waals surface area contributed by atoms with Gasteiger partial charge in [-0.15, -0.1) is 23.7 Å². The van der Waals surface area contributed by atoms with Crippen molar-refractivity contribution in [3.8, 4) is 0 Å². The highest BCUT2D eigenvalue weighted by molar-refractivity contribution is 7.13. The average Bonchev–Trinajstić information content (AvgIpc) is 3.33. The van der Waals surface area contributed by atoms with Gasteiger partial charge in [0.2, 0.25) is 5.91 Å². The van der Waals surface area contributed by atoms with Crippen LogP contribution < -0.4 is 10.6 Å². The first-order chi connectivity index (χ1) is 18.3. The van der Waals surface area contributed by atoms with Gasteiger partial charge in [-0.2, -0.15) is 0 Å². The number of hydrogen-bond acceptors (Lipinski definition) is 8. The zero-order chi connectivity index (χ0) is 26.8. The Morgan fingerprint density at radius 1 is 1.13 bits per heavy atom. The molecule has 5 rings (SSSR count). The molecule has 10 nitrogen and oxygen atoms in total. The number of nitrogens with zero attached hydrogens (tertiary/aromatic N) is 4. The predicted octanol–water partition coefficient (Wildman–Crippen LogP) is 2.53. The second-order valence-electron chi connectivity index (χ2n) is 9.66. The molecule has 13 heteroatoms. The van der Waals surface area contributed by atoms with Gasteiger partial charge in [0.15, 0.2) is 5.01 Å². The summed E-state index contributed by atoms with van der Waals surface area (Å²) in [7, 11) is 3.51. The summed E-state index contributed by atoms with van der Waals surface area (Å²) in [5.41, 5.74) is 1.23. The molecular weight excluding hydrogens is 563 g/mol. The van der Waals surface area contributed by atoms with E-state index in [4.69, 9.17) is 16.3 Å². The molecule has 0 radical (unpaired) electrons. The smallest absolute Gasteiger partial charge is 0.280 e. The normalized spacial score (nSPS) is 19.2. The molecule has 2 aliphatic heterocycles. The maximum Gasteiger partial charge on any atom is 0.280 e. The Labute approximate surface area is 241 Å². The number of thiazole rings is 1. The van der Waals surface area contributed by atoms with Crippen molar-refractivity contribution in [1.82, 2.24) is 30.4 Å². The van der Waals surface area contributed by atoms with Crippen molar-refractivity contribution >= 4 is 63.8 Å². The Bertz CT molecular complexity index is 1390. The third kappa shape index (κ3) is 6.67. The first kappa shape index (κ1) is 29.2. The number of benzene rings is 1. The third-order valence-corrected chi connectivity index (χ3v) is 8.22. The molecule has 0 saturated carbocycles. The zero-order valence-electron chi connectivity index (χ0n) is 21.6. The lowest BCUT2D eigenvalue weighted by Gasteiger charge is -2.39. The van der Waals surface area contributed by atoms with E-state index >= 15 is 0 Å². The van der Waals surface area contributed by atoms with Gasteiger partial charge in [0.05, 0.1) is 17.8 Å². The number of carbonyl (C=O) groups excluding carboxylic acids is 3. The molecule has 2 atom stereocenters. The number of rotatable bonds is 6. The molecule has 0 unspecified atom stereocenters. The van der Waals surface area contributed by atoms with Crippen LogP contribution in [0.25, 0.3) is 10.8 Å². The van der Waals surface area contributed by atoms with Crippen LogP contribution in [0.4, 0.5) is 0 Å². The highest BCUT2D eigenvalue weighted by Gasteiger charge is 2.35. The quantitative estimate of drug-likeness (QED) is 0.451. The number of aromatic nitrogens is 2. The van der Waals surface area contributed by atoms with E-state index in [1.807, 2.05) is 13.1 Å².